The van der Waals surface area contributed by atoms with Gasteiger partial charge in [0, 0.05) is 6.42 Å². The number of aliphatic hydroxyl groups is 1. The number of nitrogens with one attached hydrogen (secondary N) is 1. The van der Waals surface area contributed by atoms with Crippen LogP contribution in [0, 0.1) is 11.3 Å². The third kappa shape index (κ3) is 11.4. The molecule has 0 aliphatic heterocycles. The van der Waals surface area contributed by atoms with Gasteiger partial charge >= 0.3 is 0 Å². The molecule has 0 rings (SSSR count). The van der Waals surface area contributed by atoms with E-state index < -0.39 is 0 Å². The molecular formula is C10H20N2O. The fourth-order valence-electron chi connectivity index (χ4n) is 1.10. The van der Waals surface area contributed by atoms with E-state index in [0.717, 1.165) is 38.8 Å². The van der Waals surface area contributed by atoms with Gasteiger partial charge in [-0.15, -0.1) is 0 Å². The minimum atomic E-state index is -0.180. The van der Waals surface area contributed by atoms with Crippen LogP contribution in [-0.4, -0.2) is 24.3 Å². The van der Waals surface area contributed by atoms with Crippen LogP contribution in [0.25, 0.3) is 0 Å². The molecule has 0 saturated carbocycles. The van der Waals surface area contributed by atoms with Crippen LogP contribution in [0.1, 0.15) is 39.0 Å². The van der Waals surface area contributed by atoms with E-state index in [0.29, 0.717) is 6.42 Å². The van der Waals surface area contributed by atoms with Crippen LogP contribution >= 0.6 is 0 Å². The van der Waals surface area contributed by atoms with Gasteiger partial charge in [-0.2, -0.15) is 5.26 Å². The van der Waals surface area contributed by atoms with E-state index in [1.54, 1.807) is 0 Å². The topological polar surface area (TPSA) is 56.0 Å². The minimum absolute atomic E-state index is 0.180. The van der Waals surface area contributed by atoms with Crippen molar-refractivity contribution in [2.75, 3.05) is 13.1 Å². The summed E-state index contributed by atoms with van der Waals surface area (Å²) in [5.74, 6) is 0. The van der Waals surface area contributed by atoms with Gasteiger partial charge in [0.05, 0.1) is 12.2 Å². The Bertz CT molecular complexity index is 140. The molecule has 0 aliphatic rings. The van der Waals surface area contributed by atoms with Crippen molar-refractivity contribution in [3.05, 3.63) is 0 Å². The summed E-state index contributed by atoms with van der Waals surface area (Å²) in [7, 11) is 0. The summed E-state index contributed by atoms with van der Waals surface area (Å²) in [6.07, 6.45) is 4.43. The van der Waals surface area contributed by atoms with Gasteiger partial charge in [-0.1, -0.05) is 0 Å². The molecule has 76 valence electrons. The molecule has 2 N–H and O–H groups in total. The lowest BCUT2D eigenvalue weighted by molar-refractivity contribution is 0.181. The van der Waals surface area contributed by atoms with Crippen LogP contribution in [0.4, 0.5) is 0 Å². The first kappa shape index (κ1) is 12.4. The number of nitriles is 1. The smallest absolute Gasteiger partial charge is 0.0621 e. The molecule has 0 aliphatic carbocycles. The van der Waals surface area contributed by atoms with Gasteiger partial charge in [0.15, 0.2) is 0 Å². The van der Waals surface area contributed by atoms with Gasteiger partial charge in [0.2, 0.25) is 0 Å². The predicted molar refractivity (Wildman–Crippen MR) is 53.2 cm³/mol. The Hall–Kier alpha value is -0.590. The van der Waals surface area contributed by atoms with Crippen molar-refractivity contribution < 1.29 is 5.11 Å². The second-order valence-electron chi connectivity index (χ2n) is 3.36. The van der Waals surface area contributed by atoms with Gasteiger partial charge in [0.1, 0.15) is 0 Å². The Balaban J connectivity index is 2.88. The number of nitrogens with zero attached hydrogens (tertiary/aromatic N) is 1. The summed E-state index contributed by atoms with van der Waals surface area (Å²) in [5.41, 5.74) is 0. The van der Waals surface area contributed by atoms with Crippen molar-refractivity contribution in [3.63, 3.8) is 0 Å². The largest absolute Gasteiger partial charge is 0.393 e. The molecule has 0 saturated heterocycles. The lowest BCUT2D eigenvalue weighted by atomic mass is 10.2. The quantitative estimate of drug-likeness (QED) is 0.561. The Morgan fingerprint density at radius 3 is 2.62 bits per heavy atom. The molecule has 13 heavy (non-hydrogen) atoms. The van der Waals surface area contributed by atoms with E-state index in [2.05, 4.69) is 11.4 Å². The molecule has 0 heterocycles. The van der Waals surface area contributed by atoms with E-state index in [1.807, 2.05) is 6.92 Å². The molecule has 0 aromatic heterocycles. The van der Waals surface area contributed by atoms with Gasteiger partial charge in [-0.3, -0.25) is 0 Å². The van der Waals surface area contributed by atoms with Crippen LogP contribution in [0.5, 0.6) is 0 Å². The molecule has 3 heteroatoms. The summed E-state index contributed by atoms with van der Waals surface area (Å²) in [6, 6.07) is 2.12. The van der Waals surface area contributed by atoms with E-state index in [-0.39, 0.29) is 6.10 Å². The van der Waals surface area contributed by atoms with Crippen molar-refractivity contribution in [1.29, 1.82) is 5.26 Å². The first-order chi connectivity index (χ1) is 6.27. The Kier molecular flexibility index (Phi) is 9.07. The lowest BCUT2D eigenvalue weighted by Crippen LogP contribution is -2.17. The summed E-state index contributed by atoms with van der Waals surface area (Å²) >= 11 is 0. The Morgan fingerprint density at radius 2 is 2.00 bits per heavy atom. The van der Waals surface area contributed by atoms with Gasteiger partial charge in [0.25, 0.3) is 0 Å². The van der Waals surface area contributed by atoms with Crippen molar-refractivity contribution in [1.82, 2.24) is 5.32 Å². The lowest BCUT2D eigenvalue weighted by Gasteiger charge is -2.05. The average Bonchev–Trinajstić information content (AvgIpc) is 2.09. The molecule has 3 nitrogen and oxygen atoms in total. The van der Waals surface area contributed by atoms with E-state index in [4.69, 9.17) is 10.4 Å². The van der Waals surface area contributed by atoms with Crippen molar-refractivity contribution in [2.24, 2.45) is 0 Å². The molecule has 0 bridgehead atoms. The van der Waals surface area contributed by atoms with Crippen molar-refractivity contribution in [3.8, 4) is 6.07 Å². The highest BCUT2D eigenvalue weighted by Gasteiger charge is 1.94. The Labute approximate surface area is 80.8 Å². The molecule has 0 spiro atoms. The Morgan fingerprint density at radius 1 is 1.31 bits per heavy atom. The fourth-order valence-corrected chi connectivity index (χ4v) is 1.10. The minimum Gasteiger partial charge on any atom is -0.393 e. The van der Waals surface area contributed by atoms with Gasteiger partial charge < -0.3 is 10.4 Å². The van der Waals surface area contributed by atoms with Crippen LogP contribution in [0.15, 0.2) is 0 Å². The molecule has 0 aromatic rings. The van der Waals surface area contributed by atoms with Crippen LogP contribution in [-0.2, 0) is 0 Å². The molecular weight excluding hydrogens is 164 g/mol. The second-order valence-corrected chi connectivity index (χ2v) is 3.36. The average molecular weight is 184 g/mol. The van der Waals surface area contributed by atoms with Gasteiger partial charge in [-0.05, 0) is 45.7 Å². The van der Waals surface area contributed by atoms with E-state index in [1.165, 1.54) is 0 Å². The van der Waals surface area contributed by atoms with Crippen LogP contribution < -0.4 is 5.32 Å². The summed E-state index contributed by atoms with van der Waals surface area (Å²) in [4.78, 5) is 0. The fraction of sp³-hybridized carbons (Fsp3) is 0.900. The molecule has 0 fully saturated rings. The summed E-state index contributed by atoms with van der Waals surface area (Å²) < 4.78 is 0. The highest BCUT2D eigenvalue weighted by atomic mass is 16.3. The third-order valence-corrected chi connectivity index (χ3v) is 1.87. The first-order valence-electron chi connectivity index (χ1n) is 5.03. The summed E-state index contributed by atoms with van der Waals surface area (Å²) in [6.45, 7) is 3.77. The highest BCUT2D eigenvalue weighted by molar-refractivity contribution is 4.68. The number of rotatable bonds is 8. The monoisotopic (exact) mass is 184 g/mol. The maximum absolute atomic E-state index is 8.96. The number of aliphatic hydroxyl groups excluding tert-OH is 1. The molecule has 0 radical (unpaired) electrons. The second kappa shape index (κ2) is 9.50. The third-order valence-electron chi connectivity index (χ3n) is 1.87. The van der Waals surface area contributed by atoms with E-state index in [9.17, 15) is 0 Å². The predicted octanol–water partition coefficient (Wildman–Crippen LogP) is 1.43. The van der Waals surface area contributed by atoms with E-state index >= 15 is 0 Å². The van der Waals surface area contributed by atoms with Crippen molar-refractivity contribution >= 4 is 0 Å². The number of unbranched alkanes of at least 4 members (excludes halogenated alkanes) is 2. The number of hydrogen-bond acceptors (Lipinski definition) is 3. The van der Waals surface area contributed by atoms with Crippen LogP contribution in [0.2, 0.25) is 0 Å². The molecule has 1 atom stereocenters. The zero-order chi connectivity index (χ0) is 9.94. The maximum atomic E-state index is 8.96. The zero-order valence-electron chi connectivity index (χ0n) is 8.42. The molecule has 0 amide bonds. The zero-order valence-corrected chi connectivity index (χ0v) is 8.42. The molecule has 1 unspecified atom stereocenters. The van der Waals surface area contributed by atoms with Gasteiger partial charge in [-0.25, -0.2) is 0 Å². The maximum Gasteiger partial charge on any atom is 0.0621 e. The normalized spacial score (nSPS) is 12.4. The standard InChI is InChI=1S/C10H20N2O/c1-10(13)6-5-9-12-8-4-2-3-7-11/h10,12-13H,2-6,8-9H2,1H3. The molecule has 0 aromatic carbocycles. The summed E-state index contributed by atoms with van der Waals surface area (Å²) in [5, 5.41) is 20.5. The van der Waals surface area contributed by atoms with Crippen LogP contribution in [0.3, 0.4) is 0 Å². The number of hydrogen-bond donors (Lipinski definition) is 2. The van der Waals surface area contributed by atoms with Crippen molar-refractivity contribution in [2.45, 2.75) is 45.1 Å². The highest BCUT2D eigenvalue weighted by Crippen LogP contribution is 1.94. The first-order valence-corrected chi connectivity index (χ1v) is 5.03. The SMILES string of the molecule is CC(O)CCCNCCCCC#N.